The lowest BCUT2D eigenvalue weighted by molar-refractivity contribution is 0.0926. The van der Waals surface area contributed by atoms with Crippen molar-refractivity contribution in [1.29, 1.82) is 0 Å². The van der Waals surface area contributed by atoms with E-state index in [9.17, 15) is 4.79 Å². The van der Waals surface area contributed by atoms with Crippen LogP contribution in [0.2, 0.25) is 0 Å². The molecule has 0 saturated carbocycles. The largest absolute Gasteiger partial charge is 0.344 e. The molecule has 2 rings (SSSR count). The van der Waals surface area contributed by atoms with E-state index >= 15 is 0 Å². The Balaban J connectivity index is 2.19. The van der Waals surface area contributed by atoms with Gasteiger partial charge in [0.25, 0.3) is 5.91 Å². The third-order valence-corrected chi connectivity index (χ3v) is 4.57. The Morgan fingerprint density at radius 1 is 1.21 bits per heavy atom. The molecule has 19 heavy (non-hydrogen) atoms. The fourth-order valence-corrected chi connectivity index (χ4v) is 3.31. The minimum Gasteiger partial charge on any atom is -0.344 e. The Kier molecular flexibility index (Phi) is 4.77. The predicted octanol–water partition coefficient (Wildman–Crippen LogP) is 4.64. The zero-order valence-corrected chi connectivity index (χ0v) is 13.3. The van der Waals surface area contributed by atoms with Crippen molar-refractivity contribution < 1.29 is 4.79 Å². The number of amides is 1. The first-order chi connectivity index (χ1) is 9.09. The number of rotatable bonds is 4. The van der Waals surface area contributed by atoms with Crippen LogP contribution >= 0.6 is 27.3 Å². The van der Waals surface area contributed by atoms with Crippen molar-refractivity contribution in [2.45, 2.75) is 19.9 Å². The van der Waals surface area contributed by atoms with Gasteiger partial charge in [0.05, 0.1) is 11.6 Å². The van der Waals surface area contributed by atoms with Crippen LogP contribution in [0.4, 0.5) is 0 Å². The number of nitrogens with one attached hydrogen (secondary N) is 1. The molecule has 1 heterocycles. The Labute approximate surface area is 126 Å². The lowest BCUT2D eigenvalue weighted by Gasteiger charge is -2.21. The first-order valence-electron chi connectivity index (χ1n) is 6.18. The molecule has 0 aliphatic rings. The van der Waals surface area contributed by atoms with Gasteiger partial charge in [0, 0.05) is 9.35 Å². The average molecular weight is 338 g/mol. The standard InChI is InChI=1S/C15H16BrNOS/c1-10(2)14(13-8-5-9-19-13)17-15(18)11-6-3-4-7-12(11)16/h3-10,14H,1-2H3,(H,17,18)/t14-/m1/s1. The second-order valence-corrected chi connectivity index (χ2v) is 6.52. The van der Waals surface area contributed by atoms with Gasteiger partial charge < -0.3 is 5.32 Å². The highest BCUT2D eigenvalue weighted by molar-refractivity contribution is 9.10. The van der Waals surface area contributed by atoms with Crippen molar-refractivity contribution in [1.82, 2.24) is 5.32 Å². The van der Waals surface area contributed by atoms with E-state index in [1.54, 1.807) is 11.3 Å². The van der Waals surface area contributed by atoms with Gasteiger partial charge in [0.1, 0.15) is 0 Å². The summed E-state index contributed by atoms with van der Waals surface area (Å²) >= 11 is 5.09. The maximum atomic E-state index is 12.3. The van der Waals surface area contributed by atoms with Gasteiger partial charge in [-0.1, -0.05) is 32.0 Å². The van der Waals surface area contributed by atoms with Crippen LogP contribution in [0, 0.1) is 5.92 Å². The number of carbonyl (C=O) groups excluding carboxylic acids is 1. The van der Waals surface area contributed by atoms with Crippen LogP contribution in [-0.2, 0) is 0 Å². The van der Waals surface area contributed by atoms with E-state index in [2.05, 4.69) is 41.2 Å². The Bertz CT molecular complexity index is 551. The third kappa shape index (κ3) is 3.45. The summed E-state index contributed by atoms with van der Waals surface area (Å²) in [4.78, 5) is 13.5. The van der Waals surface area contributed by atoms with Crippen LogP contribution in [0.25, 0.3) is 0 Å². The maximum absolute atomic E-state index is 12.3. The Hall–Kier alpha value is -1.13. The summed E-state index contributed by atoms with van der Waals surface area (Å²) in [5.74, 6) is 0.310. The molecule has 0 spiro atoms. The van der Waals surface area contributed by atoms with Gasteiger partial charge >= 0.3 is 0 Å². The molecule has 1 amide bonds. The van der Waals surface area contributed by atoms with Gasteiger partial charge in [-0.3, -0.25) is 4.79 Å². The summed E-state index contributed by atoms with van der Waals surface area (Å²) in [6.45, 7) is 4.23. The highest BCUT2D eigenvalue weighted by Gasteiger charge is 2.20. The molecule has 4 heteroatoms. The zero-order chi connectivity index (χ0) is 13.8. The molecule has 0 fully saturated rings. The quantitative estimate of drug-likeness (QED) is 0.865. The molecular weight excluding hydrogens is 322 g/mol. The van der Waals surface area contributed by atoms with Crippen LogP contribution in [0.3, 0.4) is 0 Å². The number of thiophene rings is 1. The second-order valence-electron chi connectivity index (χ2n) is 4.69. The monoisotopic (exact) mass is 337 g/mol. The molecule has 0 aliphatic heterocycles. The molecule has 1 aromatic carbocycles. The molecule has 0 radical (unpaired) electrons. The smallest absolute Gasteiger partial charge is 0.252 e. The molecule has 100 valence electrons. The number of halogens is 1. The number of benzene rings is 1. The molecular formula is C15H16BrNOS. The zero-order valence-electron chi connectivity index (χ0n) is 10.9. The van der Waals surface area contributed by atoms with Crippen LogP contribution < -0.4 is 5.32 Å². The minimum absolute atomic E-state index is 0.0421. The molecule has 0 aliphatic carbocycles. The van der Waals surface area contributed by atoms with Gasteiger partial charge in [0.15, 0.2) is 0 Å². The molecule has 1 N–H and O–H groups in total. The van der Waals surface area contributed by atoms with Crippen LogP contribution in [0.5, 0.6) is 0 Å². The summed E-state index contributed by atoms with van der Waals surface area (Å²) < 4.78 is 0.821. The lowest BCUT2D eigenvalue weighted by atomic mass is 10.0. The van der Waals surface area contributed by atoms with Crippen molar-refractivity contribution >= 4 is 33.2 Å². The molecule has 2 nitrogen and oxygen atoms in total. The van der Waals surface area contributed by atoms with Crippen molar-refractivity contribution in [3.63, 3.8) is 0 Å². The highest BCUT2D eigenvalue weighted by Crippen LogP contribution is 2.26. The summed E-state index contributed by atoms with van der Waals surface area (Å²) in [6.07, 6.45) is 0. The van der Waals surface area contributed by atoms with E-state index in [0.29, 0.717) is 11.5 Å². The van der Waals surface area contributed by atoms with Crippen LogP contribution in [-0.4, -0.2) is 5.91 Å². The van der Waals surface area contributed by atoms with Crippen molar-refractivity contribution in [2.75, 3.05) is 0 Å². The fraction of sp³-hybridized carbons (Fsp3) is 0.267. The molecule has 1 atom stereocenters. The van der Waals surface area contributed by atoms with Crippen molar-refractivity contribution in [2.24, 2.45) is 5.92 Å². The van der Waals surface area contributed by atoms with Crippen LogP contribution in [0.1, 0.15) is 35.1 Å². The van der Waals surface area contributed by atoms with Gasteiger partial charge in [-0.25, -0.2) is 0 Å². The van der Waals surface area contributed by atoms with Gasteiger partial charge in [-0.2, -0.15) is 0 Å². The van der Waals surface area contributed by atoms with Gasteiger partial charge in [-0.05, 0) is 45.4 Å². The topological polar surface area (TPSA) is 29.1 Å². The van der Waals surface area contributed by atoms with E-state index in [4.69, 9.17) is 0 Å². The van der Waals surface area contributed by atoms with E-state index in [0.717, 1.165) is 4.47 Å². The summed E-state index contributed by atoms with van der Waals surface area (Å²) in [6, 6.07) is 11.6. The average Bonchev–Trinajstić information content (AvgIpc) is 2.89. The third-order valence-electron chi connectivity index (χ3n) is 2.92. The predicted molar refractivity (Wildman–Crippen MR) is 83.5 cm³/mol. The molecule has 0 bridgehead atoms. The Morgan fingerprint density at radius 3 is 2.53 bits per heavy atom. The second kappa shape index (κ2) is 6.35. The Morgan fingerprint density at radius 2 is 1.95 bits per heavy atom. The fourth-order valence-electron chi connectivity index (χ4n) is 1.90. The lowest BCUT2D eigenvalue weighted by Crippen LogP contribution is -2.31. The summed E-state index contributed by atoms with van der Waals surface area (Å²) in [5, 5.41) is 5.15. The first-order valence-corrected chi connectivity index (χ1v) is 7.85. The van der Waals surface area contributed by atoms with E-state index in [1.807, 2.05) is 35.7 Å². The summed E-state index contributed by atoms with van der Waals surface area (Å²) in [7, 11) is 0. The number of carbonyl (C=O) groups is 1. The molecule has 1 aromatic heterocycles. The van der Waals surface area contributed by atoms with Gasteiger partial charge in [-0.15, -0.1) is 11.3 Å². The van der Waals surface area contributed by atoms with Crippen molar-refractivity contribution in [3.05, 3.63) is 56.7 Å². The number of hydrogen-bond acceptors (Lipinski definition) is 2. The van der Waals surface area contributed by atoms with Crippen LogP contribution in [0.15, 0.2) is 46.3 Å². The first kappa shape index (κ1) is 14.3. The maximum Gasteiger partial charge on any atom is 0.252 e. The number of hydrogen-bond donors (Lipinski definition) is 1. The highest BCUT2D eigenvalue weighted by atomic mass is 79.9. The molecule has 0 saturated heterocycles. The summed E-state index contributed by atoms with van der Waals surface area (Å²) in [5.41, 5.74) is 0.671. The van der Waals surface area contributed by atoms with Crippen molar-refractivity contribution in [3.8, 4) is 0 Å². The van der Waals surface area contributed by atoms with Gasteiger partial charge in [0.2, 0.25) is 0 Å². The van der Waals surface area contributed by atoms with E-state index in [1.165, 1.54) is 4.88 Å². The minimum atomic E-state index is -0.0421. The molecule has 0 unspecified atom stereocenters. The van der Waals surface area contributed by atoms with E-state index in [-0.39, 0.29) is 11.9 Å². The normalized spacial score (nSPS) is 12.4. The molecule has 2 aromatic rings. The van der Waals surface area contributed by atoms with E-state index < -0.39 is 0 Å². The SMILES string of the molecule is CC(C)[C@@H](NC(=O)c1ccccc1Br)c1cccs1.